The maximum atomic E-state index is 13.3. The van der Waals surface area contributed by atoms with Gasteiger partial charge in [-0.1, -0.05) is 50.1 Å². The van der Waals surface area contributed by atoms with E-state index in [-0.39, 0.29) is 24.2 Å². The number of carbonyl (C=O) groups excluding carboxylic acids is 2. The van der Waals surface area contributed by atoms with Gasteiger partial charge in [0.1, 0.15) is 0 Å². The first-order valence-electron chi connectivity index (χ1n) is 9.98. The number of nitrogens with zero attached hydrogens (tertiary/aromatic N) is 2. The molecule has 5 nitrogen and oxygen atoms in total. The molecule has 2 amide bonds. The number of halogens is 2. The minimum Gasteiger partial charge on any atom is -0.337 e. The highest BCUT2D eigenvalue weighted by Gasteiger charge is 2.42. The average molecular weight is 543 g/mol. The van der Waals surface area contributed by atoms with Gasteiger partial charge in [-0.05, 0) is 53.6 Å². The minimum atomic E-state index is -0.409. The number of benzene rings is 2. The fourth-order valence-corrected chi connectivity index (χ4v) is 4.47. The molecule has 7 heteroatoms. The van der Waals surface area contributed by atoms with Gasteiger partial charge in [0.15, 0.2) is 0 Å². The van der Waals surface area contributed by atoms with Gasteiger partial charge < -0.3 is 10.2 Å². The van der Waals surface area contributed by atoms with Crippen molar-refractivity contribution in [1.29, 1.82) is 0 Å². The van der Waals surface area contributed by atoms with Crippen molar-refractivity contribution in [3.05, 3.63) is 93.1 Å². The number of amides is 2. The Morgan fingerprint density at radius 1 is 1.03 bits per heavy atom. The van der Waals surface area contributed by atoms with Crippen molar-refractivity contribution in [3.8, 4) is 0 Å². The van der Waals surface area contributed by atoms with Gasteiger partial charge in [-0.25, -0.2) is 0 Å². The molecule has 4 rings (SSSR count). The topological polar surface area (TPSA) is 62.3 Å². The number of pyridine rings is 1. The molecule has 1 N–H and O–H groups in total. The quantitative estimate of drug-likeness (QED) is 0.455. The third-order valence-corrected chi connectivity index (χ3v) is 6.52. The second-order valence-electron chi connectivity index (χ2n) is 7.60. The van der Waals surface area contributed by atoms with Crippen LogP contribution >= 0.6 is 31.9 Å². The van der Waals surface area contributed by atoms with Crippen LogP contribution in [0.1, 0.15) is 23.5 Å². The second-order valence-corrected chi connectivity index (χ2v) is 9.44. The minimum absolute atomic E-state index is 0.00253. The van der Waals surface area contributed by atoms with Crippen molar-refractivity contribution in [2.75, 3.05) is 11.9 Å². The zero-order chi connectivity index (χ0) is 21.8. The molecule has 2 atom stereocenters. The number of anilines is 1. The van der Waals surface area contributed by atoms with Crippen LogP contribution in [-0.2, 0) is 16.1 Å². The molecule has 2 aromatic carbocycles. The Bertz CT molecular complexity index is 1060. The maximum absolute atomic E-state index is 13.3. The van der Waals surface area contributed by atoms with Crippen LogP contribution in [0.15, 0.2) is 82.0 Å². The summed E-state index contributed by atoms with van der Waals surface area (Å²) in [6.45, 7) is 1.07. The number of likely N-dealkylation sites (tertiary alicyclic amines) is 1. The highest BCUT2D eigenvalue weighted by atomic mass is 79.9. The molecule has 2 heterocycles. The molecule has 1 aliphatic rings. The predicted molar refractivity (Wildman–Crippen MR) is 127 cm³/mol. The van der Waals surface area contributed by atoms with Crippen LogP contribution in [0, 0.1) is 5.92 Å². The van der Waals surface area contributed by atoms with Crippen LogP contribution in [0.25, 0.3) is 0 Å². The summed E-state index contributed by atoms with van der Waals surface area (Å²) in [7, 11) is 0. The van der Waals surface area contributed by atoms with Crippen LogP contribution < -0.4 is 5.32 Å². The van der Waals surface area contributed by atoms with E-state index < -0.39 is 5.92 Å². The number of hydrogen-bond acceptors (Lipinski definition) is 3. The molecule has 1 aliphatic heterocycles. The second kappa shape index (κ2) is 9.75. The zero-order valence-corrected chi connectivity index (χ0v) is 19.8. The van der Waals surface area contributed by atoms with Crippen LogP contribution in [0.3, 0.4) is 0 Å². The summed E-state index contributed by atoms with van der Waals surface area (Å²) in [4.78, 5) is 32.1. The fourth-order valence-electron chi connectivity index (χ4n) is 3.94. The van der Waals surface area contributed by atoms with E-state index >= 15 is 0 Å². The van der Waals surface area contributed by atoms with E-state index in [2.05, 4.69) is 42.2 Å². The highest BCUT2D eigenvalue weighted by Crippen LogP contribution is 2.37. The smallest absolute Gasteiger partial charge is 0.227 e. The van der Waals surface area contributed by atoms with Crippen molar-refractivity contribution in [1.82, 2.24) is 9.88 Å². The van der Waals surface area contributed by atoms with Gasteiger partial charge in [-0.3, -0.25) is 14.6 Å². The Morgan fingerprint density at radius 2 is 1.71 bits per heavy atom. The van der Waals surface area contributed by atoms with E-state index in [1.807, 2.05) is 65.6 Å². The summed E-state index contributed by atoms with van der Waals surface area (Å²) >= 11 is 6.86. The van der Waals surface area contributed by atoms with Crippen LogP contribution in [-0.4, -0.2) is 28.2 Å². The van der Waals surface area contributed by atoms with Crippen molar-refractivity contribution in [2.24, 2.45) is 5.92 Å². The van der Waals surface area contributed by atoms with Gasteiger partial charge >= 0.3 is 0 Å². The van der Waals surface area contributed by atoms with Crippen molar-refractivity contribution >= 4 is 49.4 Å². The van der Waals surface area contributed by atoms with Crippen molar-refractivity contribution < 1.29 is 9.59 Å². The summed E-state index contributed by atoms with van der Waals surface area (Å²) in [5.74, 6) is -0.616. The lowest BCUT2D eigenvalue weighted by molar-refractivity contribution is -0.133. The lowest BCUT2D eigenvalue weighted by Crippen LogP contribution is -2.28. The first-order valence-corrected chi connectivity index (χ1v) is 11.6. The molecule has 31 heavy (non-hydrogen) atoms. The molecule has 0 saturated carbocycles. The van der Waals surface area contributed by atoms with Gasteiger partial charge in [0.2, 0.25) is 11.8 Å². The third kappa shape index (κ3) is 5.40. The van der Waals surface area contributed by atoms with Crippen LogP contribution in [0.5, 0.6) is 0 Å². The molecule has 158 valence electrons. The lowest BCUT2D eigenvalue weighted by atomic mass is 9.86. The monoisotopic (exact) mass is 541 g/mol. The summed E-state index contributed by atoms with van der Waals surface area (Å²) in [5, 5.41) is 2.91. The van der Waals surface area contributed by atoms with Crippen LogP contribution in [0.4, 0.5) is 5.69 Å². The van der Waals surface area contributed by atoms with Crippen molar-refractivity contribution in [2.45, 2.75) is 18.9 Å². The molecule has 1 fully saturated rings. The van der Waals surface area contributed by atoms with Gasteiger partial charge in [-0.15, -0.1) is 0 Å². The van der Waals surface area contributed by atoms with Gasteiger partial charge in [0, 0.05) is 52.5 Å². The van der Waals surface area contributed by atoms with E-state index in [1.165, 1.54) is 0 Å². The standard InChI is InChI=1S/C24H21Br2N3O2/c25-18-5-3-17(4-6-18)22-15-29(14-16-2-1-11-27-13-16)24(31)21(22)12-23(30)28-20-9-7-19(26)8-10-20/h1-11,13,21-22H,12,14-15H2,(H,28,30)/t21-,22-/m1/s1. The Morgan fingerprint density at radius 3 is 2.35 bits per heavy atom. The van der Waals surface area contributed by atoms with E-state index in [0.717, 1.165) is 20.1 Å². The van der Waals surface area contributed by atoms with E-state index in [0.29, 0.717) is 18.8 Å². The summed E-state index contributed by atoms with van der Waals surface area (Å²) < 4.78 is 1.93. The Hall–Kier alpha value is -2.51. The fraction of sp³-hybridized carbons (Fsp3) is 0.208. The first kappa shape index (κ1) is 21.7. The summed E-state index contributed by atoms with van der Waals surface area (Å²) in [5.41, 5.74) is 2.75. The molecular formula is C24H21Br2N3O2. The molecule has 0 unspecified atom stereocenters. The number of nitrogens with one attached hydrogen (secondary N) is 1. The van der Waals surface area contributed by atoms with Crippen LogP contribution in [0.2, 0.25) is 0 Å². The summed E-state index contributed by atoms with van der Waals surface area (Å²) in [6, 6.07) is 19.2. The zero-order valence-electron chi connectivity index (χ0n) is 16.7. The molecular weight excluding hydrogens is 522 g/mol. The van der Waals surface area contributed by atoms with Gasteiger partial charge in [-0.2, -0.15) is 0 Å². The van der Waals surface area contributed by atoms with E-state index in [9.17, 15) is 9.59 Å². The maximum Gasteiger partial charge on any atom is 0.227 e. The Labute approximate surface area is 198 Å². The van der Waals surface area contributed by atoms with Crippen molar-refractivity contribution in [3.63, 3.8) is 0 Å². The predicted octanol–water partition coefficient (Wildman–Crippen LogP) is 5.38. The highest BCUT2D eigenvalue weighted by molar-refractivity contribution is 9.10. The molecule has 1 aromatic heterocycles. The SMILES string of the molecule is O=C(C[C@H]1C(=O)N(Cc2cccnc2)C[C@@H]1c1ccc(Br)cc1)Nc1ccc(Br)cc1. The van der Waals surface area contributed by atoms with E-state index in [4.69, 9.17) is 0 Å². The molecule has 3 aromatic rings. The largest absolute Gasteiger partial charge is 0.337 e. The Kier molecular flexibility index (Phi) is 6.83. The normalized spacial score (nSPS) is 18.3. The molecule has 1 saturated heterocycles. The molecule has 0 aliphatic carbocycles. The molecule has 0 radical (unpaired) electrons. The van der Waals surface area contributed by atoms with Gasteiger partial charge in [0.25, 0.3) is 0 Å². The van der Waals surface area contributed by atoms with Gasteiger partial charge in [0.05, 0.1) is 5.92 Å². The molecule has 0 spiro atoms. The molecule has 0 bridgehead atoms. The number of rotatable bonds is 6. The lowest BCUT2D eigenvalue weighted by Gasteiger charge is -2.17. The number of aromatic nitrogens is 1. The Balaban J connectivity index is 1.53. The average Bonchev–Trinajstić information content (AvgIpc) is 3.06. The summed E-state index contributed by atoms with van der Waals surface area (Å²) in [6.07, 6.45) is 3.63. The third-order valence-electron chi connectivity index (χ3n) is 5.46. The number of carbonyl (C=O) groups is 2. The van der Waals surface area contributed by atoms with E-state index in [1.54, 1.807) is 12.4 Å². The first-order chi connectivity index (χ1) is 15.0. The number of hydrogen-bond donors (Lipinski definition) is 1.